The average molecular weight is 576 g/mol. The molecule has 0 unspecified atom stereocenters. The lowest BCUT2D eigenvalue weighted by Crippen LogP contribution is -2.01. The van der Waals surface area contributed by atoms with Crippen LogP contribution in [-0.4, -0.2) is 15.0 Å². The van der Waals surface area contributed by atoms with Gasteiger partial charge in [-0.2, -0.15) is 0 Å². The fourth-order valence-corrected chi connectivity index (χ4v) is 6.43. The minimum Gasteiger partial charge on any atom is -0.455 e. The second-order valence-electron chi connectivity index (χ2n) is 11.2. The smallest absolute Gasteiger partial charge is 0.164 e. The van der Waals surface area contributed by atoms with Crippen LogP contribution >= 0.6 is 0 Å². The molecular formula is C41H25N3O. The first kappa shape index (κ1) is 25.4. The summed E-state index contributed by atoms with van der Waals surface area (Å²) in [5.74, 6) is 1.89. The molecule has 9 rings (SSSR count). The van der Waals surface area contributed by atoms with Crippen molar-refractivity contribution in [1.29, 1.82) is 0 Å². The van der Waals surface area contributed by atoms with Crippen molar-refractivity contribution in [3.05, 3.63) is 152 Å². The highest BCUT2D eigenvalue weighted by Crippen LogP contribution is 2.43. The highest BCUT2D eigenvalue weighted by molar-refractivity contribution is 6.22. The molecule has 2 heterocycles. The Bertz CT molecular complexity index is 2530. The summed E-state index contributed by atoms with van der Waals surface area (Å²) >= 11 is 0. The third-order valence-electron chi connectivity index (χ3n) is 8.53. The van der Waals surface area contributed by atoms with Gasteiger partial charge in [0.15, 0.2) is 17.5 Å². The van der Waals surface area contributed by atoms with Crippen molar-refractivity contribution < 1.29 is 4.42 Å². The number of rotatable bonds is 4. The molecule has 0 N–H and O–H groups in total. The first-order valence-corrected chi connectivity index (χ1v) is 15.0. The first-order chi connectivity index (χ1) is 22.3. The Hall–Kier alpha value is -6.13. The van der Waals surface area contributed by atoms with Crippen molar-refractivity contribution in [1.82, 2.24) is 15.0 Å². The summed E-state index contributed by atoms with van der Waals surface area (Å²) in [6, 6.07) is 52.1. The van der Waals surface area contributed by atoms with Crippen molar-refractivity contribution in [2.45, 2.75) is 0 Å². The summed E-state index contributed by atoms with van der Waals surface area (Å²) in [4.78, 5) is 15.4. The summed E-state index contributed by atoms with van der Waals surface area (Å²) in [5.41, 5.74) is 6.78. The van der Waals surface area contributed by atoms with Gasteiger partial charge in [-0.3, -0.25) is 0 Å². The van der Waals surface area contributed by atoms with E-state index in [1.165, 1.54) is 0 Å². The van der Waals surface area contributed by atoms with Crippen LogP contribution in [0.1, 0.15) is 0 Å². The Morgan fingerprint density at radius 1 is 0.378 bits per heavy atom. The zero-order valence-electron chi connectivity index (χ0n) is 24.2. The average Bonchev–Trinajstić information content (AvgIpc) is 3.50. The molecule has 0 bridgehead atoms. The molecule has 0 aliphatic carbocycles. The molecule has 45 heavy (non-hydrogen) atoms. The molecule has 0 atom stereocenters. The first-order valence-electron chi connectivity index (χ1n) is 15.0. The van der Waals surface area contributed by atoms with E-state index >= 15 is 0 Å². The number of hydrogen-bond acceptors (Lipinski definition) is 4. The van der Waals surface area contributed by atoms with Gasteiger partial charge in [-0.15, -0.1) is 0 Å². The van der Waals surface area contributed by atoms with Crippen LogP contribution < -0.4 is 0 Å². The minimum absolute atomic E-state index is 0.620. The van der Waals surface area contributed by atoms with E-state index in [1.54, 1.807) is 0 Å². The molecular weight excluding hydrogens is 550 g/mol. The molecule has 4 nitrogen and oxygen atoms in total. The molecule has 0 spiro atoms. The Balaban J connectivity index is 1.41. The van der Waals surface area contributed by atoms with Gasteiger partial charge in [0.1, 0.15) is 11.2 Å². The van der Waals surface area contributed by atoms with Gasteiger partial charge >= 0.3 is 0 Å². The van der Waals surface area contributed by atoms with Gasteiger partial charge in [-0.25, -0.2) is 15.0 Å². The van der Waals surface area contributed by atoms with E-state index in [-0.39, 0.29) is 0 Å². The zero-order valence-corrected chi connectivity index (χ0v) is 24.2. The van der Waals surface area contributed by atoms with Gasteiger partial charge in [-0.05, 0) is 39.4 Å². The lowest BCUT2D eigenvalue weighted by atomic mass is 9.93. The number of aromatic nitrogens is 3. The molecule has 0 fully saturated rings. The fourth-order valence-electron chi connectivity index (χ4n) is 6.43. The maximum absolute atomic E-state index is 6.60. The predicted molar refractivity (Wildman–Crippen MR) is 184 cm³/mol. The van der Waals surface area contributed by atoms with E-state index in [4.69, 9.17) is 19.4 Å². The van der Waals surface area contributed by atoms with Crippen molar-refractivity contribution in [3.8, 4) is 45.3 Å². The Morgan fingerprint density at radius 2 is 0.956 bits per heavy atom. The molecule has 210 valence electrons. The second-order valence-corrected chi connectivity index (χ2v) is 11.2. The summed E-state index contributed by atoms with van der Waals surface area (Å²) in [7, 11) is 0. The Kier molecular flexibility index (Phi) is 5.78. The predicted octanol–water partition coefficient (Wildman–Crippen LogP) is 10.7. The lowest BCUT2D eigenvalue weighted by Gasteiger charge is -2.14. The van der Waals surface area contributed by atoms with Gasteiger partial charge in [0.05, 0.1) is 0 Å². The molecule has 7 aromatic carbocycles. The summed E-state index contributed by atoms with van der Waals surface area (Å²) in [6.45, 7) is 0. The van der Waals surface area contributed by atoms with Crippen LogP contribution in [0.5, 0.6) is 0 Å². The van der Waals surface area contributed by atoms with Gasteiger partial charge in [0, 0.05) is 32.8 Å². The fraction of sp³-hybridized carbons (Fsp3) is 0. The third-order valence-corrected chi connectivity index (χ3v) is 8.53. The monoisotopic (exact) mass is 575 g/mol. The number of nitrogens with zero attached hydrogens (tertiary/aromatic N) is 3. The largest absolute Gasteiger partial charge is 0.455 e. The van der Waals surface area contributed by atoms with Crippen LogP contribution in [0.2, 0.25) is 0 Å². The Labute approximate surface area is 259 Å². The van der Waals surface area contributed by atoms with E-state index < -0.39 is 0 Å². The molecule has 0 aliphatic rings. The molecule has 0 saturated heterocycles. The maximum Gasteiger partial charge on any atom is 0.164 e. The van der Waals surface area contributed by atoms with Crippen molar-refractivity contribution >= 4 is 43.5 Å². The number of hydrogen-bond donors (Lipinski definition) is 0. The van der Waals surface area contributed by atoms with Crippen LogP contribution in [0.15, 0.2) is 156 Å². The number of benzene rings is 7. The van der Waals surface area contributed by atoms with E-state index in [9.17, 15) is 0 Å². The van der Waals surface area contributed by atoms with E-state index in [0.717, 1.165) is 71.3 Å². The third kappa shape index (κ3) is 4.19. The quantitative estimate of drug-likeness (QED) is 0.209. The SMILES string of the molecule is c1ccc(-c2nc(-c3cccc4ccccc34)nc(-c3cc4c5ccccc5oc4c4c(-c5ccccc5)cccc34)n2)cc1. The molecule has 4 heteroatoms. The summed E-state index contributed by atoms with van der Waals surface area (Å²) in [6.07, 6.45) is 0. The van der Waals surface area contributed by atoms with Gasteiger partial charge in [0.2, 0.25) is 0 Å². The van der Waals surface area contributed by atoms with E-state index in [2.05, 4.69) is 103 Å². The molecule has 0 aliphatic heterocycles. The summed E-state index contributed by atoms with van der Waals surface area (Å²) in [5, 5.41) is 6.40. The van der Waals surface area contributed by atoms with Crippen molar-refractivity contribution in [3.63, 3.8) is 0 Å². The highest BCUT2D eigenvalue weighted by atomic mass is 16.3. The van der Waals surface area contributed by atoms with Crippen LogP contribution in [0.3, 0.4) is 0 Å². The molecule has 2 aromatic heterocycles. The molecule has 0 radical (unpaired) electrons. The number of furan rings is 1. The van der Waals surface area contributed by atoms with Gasteiger partial charge < -0.3 is 4.42 Å². The lowest BCUT2D eigenvalue weighted by molar-refractivity contribution is 0.673. The molecule has 9 aromatic rings. The molecule has 0 saturated carbocycles. The van der Waals surface area contributed by atoms with Crippen LogP contribution in [0, 0.1) is 0 Å². The summed E-state index contributed by atoms with van der Waals surface area (Å²) < 4.78 is 6.60. The van der Waals surface area contributed by atoms with Gasteiger partial charge in [0.25, 0.3) is 0 Å². The topological polar surface area (TPSA) is 51.8 Å². The van der Waals surface area contributed by atoms with E-state index in [1.807, 2.05) is 48.5 Å². The highest BCUT2D eigenvalue weighted by Gasteiger charge is 2.21. The minimum atomic E-state index is 0.620. The second kappa shape index (κ2) is 10.2. The molecule has 0 amide bonds. The van der Waals surface area contributed by atoms with Gasteiger partial charge in [-0.1, -0.05) is 140 Å². The Morgan fingerprint density at radius 3 is 1.78 bits per heavy atom. The van der Waals surface area contributed by atoms with Crippen molar-refractivity contribution in [2.75, 3.05) is 0 Å². The van der Waals surface area contributed by atoms with Crippen LogP contribution in [-0.2, 0) is 0 Å². The normalized spacial score (nSPS) is 11.6. The maximum atomic E-state index is 6.60. The standard InChI is InChI=1S/C41H25N3O/c1-3-13-27(14-4-1)30-21-12-22-32-35(25-34-31-20-9-10-24-36(31)45-38(34)37(30)32)41-43-39(28-16-5-2-6-17-28)42-40(44-41)33-23-11-18-26-15-7-8-19-29(26)33/h1-25H. The van der Waals surface area contributed by atoms with Crippen molar-refractivity contribution in [2.24, 2.45) is 0 Å². The number of para-hydroxylation sites is 1. The zero-order chi connectivity index (χ0) is 29.7. The van der Waals surface area contributed by atoms with E-state index in [0.29, 0.717) is 17.5 Å². The van der Waals surface area contributed by atoms with Crippen LogP contribution in [0.4, 0.5) is 0 Å². The number of fused-ring (bicyclic) bond motifs is 6. The van der Waals surface area contributed by atoms with Crippen LogP contribution in [0.25, 0.3) is 88.8 Å².